The van der Waals surface area contributed by atoms with Crippen molar-refractivity contribution in [1.29, 1.82) is 0 Å². The Morgan fingerprint density at radius 2 is 2.20 bits per heavy atom. The van der Waals surface area contributed by atoms with Crippen LogP contribution in [0.15, 0.2) is 12.4 Å². The van der Waals surface area contributed by atoms with Crippen molar-refractivity contribution in [2.24, 2.45) is 5.73 Å². The summed E-state index contributed by atoms with van der Waals surface area (Å²) in [5.74, 6) is 0.0104. The van der Waals surface area contributed by atoms with Gasteiger partial charge in [0.25, 0.3) is 0 Å². The molecule has 6 nitrogen and oxygen atoms in total. The lowest BCUT2D eigenvalue weighted by atomic mass is 10.3. The smallest absolute Gasteiger partial charge is 0.316 e. The molecule has 0 bridgehead atoms. The van der Waals surface area contributed by atoms with Crippen molar-refractivity contribution in [3.63, 3.8) is 0 Å². The fourth-order valence-electron chi connectivity index (χ4n) is 1.54. The van der Waals surface area contributed by atoms with Crippen LogP contribution in [0.4, 0.5) is 5.69 Å². The van der Waals surface area contributed by atoms with Crippen LogP contribution < -0.4 is 15.4 Å². The molecule has 2 heterocycles. The Hall–Kier alpha value is -1.69. The van der Waals surface area contributed by atoms with Crippen molar-refractivity contribution in [3.05, 3.63) is 12.4 Å². The van der Waals surface area contributed by atoms with E-state index in [1.165, 1.54) is 7.11 Å². The summed E-state index contributed by atoms with van der Waals surface area (Å²) < 4.78 is 4.83. The minimum Gasteiger partial charge on any atom is -0.467 e. The van der Waals surface area contributed by atoms with Crippen LogP contribution in [0, 0.1) is 0 Å². The summed E-state index contributed by atoms with van der Waals surface area (Å²) in [6, 6.07) is 0.189. The molecule has 1 amide bonds. The highest BCUT2D eigenvalue weighted by molar-refractivity contribution is 5.95. The van der Waals surface area contributed by atoms with Crippen molar-refractivity contribution in [2.45, 2.75) is 12.5 Å². The first kappa shape index (κ1) is 9.85. The number of carbonyl (C=O) groups is 1. The SMILES string of the molecule is COc1ncc(N2CC(N)CC2=O)cn1. The Labute approximate surface area is 87.1 Å². The first-order valence-electron chi connectivity index (χ1n) is 4.62. The molecule has 1 aliphatic rings. The van der Waals surface area contributed by atoms with Crippen LogP contribution in [0.3, 0.4) is 0 Å². The molecule has 0 radical (unpaired) electrons. The molecule has 1 atom stereocenters. The quantitative estimate of drug-likeness (QED) is 0.711. The van der Waals surface area contributed by atoms with Gasteiger partial charge in [0.2, 0.25) is 5.91 Å². The molecule has 2 rings (SSSR count). The Balaban J connectivity index is 2.19. The summed E-state index contributed by atoms with van der Waals surface area (Å²) >= 11 is 0. The largest absolute Gasteiger partial charge is 0.467 e. The second kappa shape index (κ2) is 3.82. The van der Waals surface area contributed by atoms with Gasteiger partial charge in [-0.15, -0.1) is 0 Å². The molecule has 0 aromatic carbocycles. The monoisotopic (exact) mass is 208 g/mol. The molecule has 6 heteroatoms. The minimum atomic E-state index is -0.0976. The van der Waals surface area contributed by atoms with E-state index in [1.54, 1.807) is 17.3 Å². The third-order valence-electron chi connectivity index (χ3n) is 2.26. The number of hydrogen-bond acceptors (Lipinski definition) is 5. The van der Waals surface area contributed by atoms with Gasteiger partial charge in [0.15, 0.2) is 0 Å². The van der Waals surface area contributed by atoms with Crippen molar-refractivity contribution in [1.82, 2.24) is 9.97 Å². The Bertz CT molecular complexity index is 365. The molecule has 1 fully saturated rings. The van der Waals surface area contributed by atoms with E-state index in [1.807, 2.05) is 0 Å². The minimum absolute atomic E-state index is 0.0104. The van der Waals surface area contributed by atoms with Crippen LogP contribution in [-0.2, 0) is 4.79 Å². The fraction of sp³-hybridized carbons (Fsp3) is 0.444. The zero-order valence-electron chi connectivity index (χ0n) is 8.38. The van der Waals surface area contributed by atoms with E-state index < -0.39 is 0 Å². The molecule has 1 saturated heterocycles. The first-order valence-corrected chi connectivity index (χ1v) is 4.62. The lowest BCUT2D eigenvalue weighted by Crippen LogP contribution is -2.28. The highest BCUT2D eigenvalue weighted by Crippen LogP contribution is 2.19. The number of nitrogens with two attached hydrogens (primary N) is 1. The van der Waals surface area contributed by atoms with E-state index in [0.717, 1.165) is 0 Å². The number of hydrogen-bond donors (Lipinski definition) is 1. The van der Waals surface area contributed by atoms with Crippen molar-refractivity contribution in [2.75, 3.05) is 18.6 Å². The molecule has 1 aromatic heterocycles. The second-order valence-corrected chi connectivity index (χ2v) is 3.40. The van der Waals surface area contributed by atoms with Crippen molar-refractivity contribution < 1.29 is 9.53 Å². The van der Waals surface area contributed by atoms with Gasteiger partial charge in [-0.1, -0.05) is 0 Å². The predicted molar refractivity (Wildman–Crippen MR) is 53.5 cm³/mol. The van der Waals surface area contributed by atoms with E-state index >= 15 is 0 Å². The average Bonchev–Trinajstić information content (AvgIpc) is 2.58. The summed E-state index contributed by atoms with van der Waals surface area (Å²) in [6.07, 6.45) is 3.50. The van der Waals surface area contributed by atoms with Gasteiger partial charge in [0.1, 0.15) is 0 Å². The van der Waals surface area contributed by atoms with Crippen LogP contribution in [-0.4, -0.2) is 35.6 Å². The van der Waals surface area contributed by atoms with E-state index in [0.29, 0.717) is 18.7 Å². The normalized spacial score (nSPS) is 20.8. The van der Waals surface area contributed by atoms with Gasteiger partial charge in [-0.05, 0) is 0 Å². The fourth-order valence-corrected chi connectivity index (χ4v) is 1.54. The summed E-state index contributed by atoms with van der Waals surface area (Å²) in [5.41, 5.74) is 6.34. The molecular weight excluding hydrogens is 196 g/mol. The summed E-state index contributed by atoms with van der Waals surface area (Å²) in [5, 5.41) is 0. The third-order valence-corrected chi connectivity index (χ3v) is 2.26. The standard InChI is InChI=1S/C9H12N4O2/c1-15-9-11-3-7(4-12-9)13-5-6(10)2-8(13)14/h3-4,6H,2,5,10H2,1H3. The van der Waals surface area contributed by atoms with Gasteiger partial charge in [-0.25, -0.2) is 9.97 Å². The molecule has 0 spiro atoms. The molecule has 15 heavy (non-hydrogen) atoms. The molecular formula is C9H12N4O2. The number of rotatable bonds is 2. The number of amides is 1. The highest BCUT2D eigenvalue weighted by atomic mass is 16.5. The number of methoxy groups -OCH3 is 1. The van der Waals surface area contributed by atoms with Crippen LogP contribution in [0.2, 0.25) is 0 Å². The number of anilines is 1. The molecule has 0 saturated carbocycles. The Morgan fingerprint density at radius 1 is 1.53 bits per heavy atom. The molecule has 1 unspecified atom stereocenters. The Morgan fingerprint density at radius 3 is 2.67 bits per heavy atom. The Kier molecular flexibility index (Phi) is 2.51. The number of aromatic nitrogens is 2. The van der Waals surface area contributed by atoms with E-state index in [9.17, 15) is 4.79 Å². The maximum atomic E-state index is 11.5. The van der Waals surface area contributed by atoms with Crippen LogP contribution in [0.25, 0.3) is 0 Å². The van der Waals surface area contributed by atoms with Crippen LogP contribution >= 0.6 is 0 Å². The van der Waals surface area contributed by atoms with Crippen LogP contribution in [0.1, 0.15) is 6.42 Å². The van der Waals surface area contributed by atoms with E-state index in [-0.39, 0.29) is 18.0 Å². The summed E-state index contributed by atoms with van der Waals surface area (Å²) in [6.45, 7) is 0.522. The van der Waals surface area contributed by atoms with E-state index in [2.05, 4.69) is 9.97 Å². The predicted octanol–water partition coefficient (Wildman–Crippen LogP) is -0.451. The molecule has 0 aliphatic carbocycles. The van der Waals surface area contributed by atoms with Gasteiger partial charge >= 0.3 is 6.01 Å². The molecule has 1 aliphatic heterocycles. The highest BCUT2D eigenvalue weighted by Gasteiger charge is 2.28. The van der Waals surface area contributed by atoms with Crippen LogP contribution in [0.5, 0.6) is 6.01 Å². The number of nitrogens with zero attached hydrogens (tertiary/aromatic N) is 3. The van der Waals surface area contributed by atoms with Gasteiger partial charge < -0.3 is 15.4 Å². The number of ether oxygens (including phenoxy) is 1. The van der Waals surface area contributed by atoms with Crippen molar-refractivity contribution in [3.8, 4) is 6.01 Å². The average molecular weight is 208 g/mol. The maximum absolute atomic E-state index is 11.5. The lowest BCUT2D eigenvalue weighted by Gasteiger charge is -2.14. The van der Waals surface area contributed by atoms with Crippen molar-refractivity contribution >= 4 is 11.6 Å². The molecule has 2 N–H and O–H groups in total. The summed E-state index contributed by atoms with van der Waals surface area (Å²) in [4.78, 5) is 21.0. The number of carbonyl (C=O) groups excluding carboxylic acids is 1. The second-order valence-electron chi connectivity index (χ2n) is 3.40. The third kappa shape index (κ3) is 1.89. The van der Waals surface area contributed by atoms with Gasteiger partial charge in [-0.2, -0.15) is 0 Å². The maximum Gasteiger partial charge on any atom is 0.316 e. The zero-order valence-corrected chi connectivity index (χ0v) is 8.38. The first-order chi connectivity index (χ1) is 7.20. The van der Waals surface area contributed by atoms with Gasteiger partial charge in [-0.3, -0.25) is 4.79 Å². The molecule has 80 valence electrons. The molecule has 1 aromatic rings. The van der Waals surface area contributed by atoms with Gasteiger partial charge in [0.05, 0.1) is 25.2 Å². The topological polar surface area (TPSA) is 81.3 Å². The lowest BCUT2D eigenvalue weighted by molar-refractivity contribution is -0.117. The van der Waals surface area contributed by atoms with E-state index in [4.69, 9.17) is 10.5 Å². The van der Waals surface area contributed by atoms with Gasteiger partial charge in [0, 0.05) is 19.0 Å². The summed E-state index contributed by atoms with van der Waals surface area (Å²) in [7, 11) is 1.49. The zero-order chi connectivity index (χ0) is 10.8.